The number of halogens is 8. The minimum absolute atomic E-state index is 0. The average Bonchev–Trinajstić information content (AvgIpc) is 1.96. The number of rotatable bonds is 3. The maximum Gasteiger partial charge on any atom is 1.00 e. The third-order valence-corrected chi connectivity index (χ3v) is 4.46. The van der Waals surface area contributed by atoms with E-state index in [1.165, 1.54) is 0 Å². The summed E-state index contributed by atoms with van der Waals surface area (Å²) >= 11 is 0. The van der Waals surface area contributed by atoms with Crippen molar-refractivity contribution in [3.05, 3.63) is 0 Å². The fourth-order valence-corrected chi connectivity index (χ4v) is 2.65. The summed E-state index contributed by atoms with van der Waals surface area (Å²) in [5.74, 6) is 0. The molecule has 0 saturated heterocycles. The first kappa shape index (κ1) is 21.2. The molecular weight excluding hydrogens is 337 g/mol. The van der Waals surface area contributed by atoms with E-state index in [-0.39, 0.29) is 20.3 Å². The zero-order chi connectivity index (χ0) is 15.2. The second-order valence-corrected chi connectivity index (χ2v) is 6.21. The van der Waals surface area contributed by atoms with Gasteiger partial charge in [-0.25, -0.2) is 16.8 Å². The molecule has 0 aromatic carbocycles. The van der Waals surface area contributed by atoms with Crippen molar-refractivity contribution in [3.63, 3.8) is 0 Å². The summed E-state index contributed by atoms with van der Waals surface area (Å²) in [6.07, 6.45) is -6.79. The Morgan fingerprint density at radius 2 is 1.05 bits per heavy atom. The molecule has 0 heterocycles. The summed E-state index contributed by atoms with van der Waals surface area (Å²) in [5.41, 5.74) is -6.37. The van der Waals surface area contributed by atoms with Crippen LogP contribution in [0.5, 0.6) is 0 Å². The summed E-state index contributed by atoms with van der Waals surface area (Å²) in [4.78, 5) is 0. The van der Waals surface area contributed by atoms with Crippen molar-refractivity contribution in [1.82, 2.24) is 4.13 Å². The van der Waals surface area contributed by atoms with E-state index in [1.807, 2.05) is 0 Å². The molecule has 0 aliphatic rings. The Morgan fingerprint density at radius 3 is 1.26 bits per heavy atom. The molecule has 0 bridgehead atoms. The van der Waals surface area contributed by atoms with Crippen LogP contribution in [0.3, 0.4) is 0 Å². The fourth-order valence-electron chi connectivity index (χ4n) is 0.396. The van der Waals surface area contributed by atoms with Gasteiger partial charge in [0, 0.05) is 0 Å². The van der Waals surface area contributed by atoms with Gasteiger partial charge in [-0.05, 0) is 0 Å². The molecule has 0 amide bonds. The van der Waals surface area contributed by atoms with E-state index < -0.39 is 41.1 Å². The molecule has 16 heteroatoms. The van der Waals surface area contributed by atoms with Crippen molar-refractivity contribution in [3.8, 4) is 0 Å². The van der Waals surface area contributed by atoms with Crippen LogP contribution < -0.4 is 23.0 Å². The van der Waals surface area contributed by atoms with Crippen LogP contribution in [0.15, 0.2) is 0 Å². The average molecular weight is 339 g/mol. The molecule has 0 radical (unpaired) electrons. The number of hydrogen-bond donors (Lipinski definition) is 1. The van der Waals surface area contributed by atoms with Gasteiger partial charge in [0.2, 0.25) is 0 Å². The van der Waals surface area contributed by atoms with Crippen molar-refractivity contribution < 1.29 is 72.2 Å². The molecule has 0 aromatic heterocycles. The van der Waals surface area contributed by atoms with E-state index in [0.717, 1.165) is 0 Å². The van der Waals surface area contributed by atoms with Gasteiger partial charge in [0.25, 0.3) is 0 Å². The van der Waals surface area contributed by atoms with Gasteiger partial charge in [0.15, 0.2) is 0 Å². The smallest absolute Gasteiger partial charge is 1.00 e. The third-order valence-electron chi connectivity index (χ3n) is 1.19. The molecule has 0 saturated carbocycles. The Bertz CT molecular complexity index is 523. The van der Waals surface area contributed by atoms with Gasteiger partial charge < -0.3 is 1.43 Å². The predicted molar refractivity (Wildman–Crippen MR) is 39.1 cm³/mol. The first-order valence-electron chi connectivity index (χ1n) is 3.25. The normalized spacial score (nSPS) is 14.9. The maximum absolute atomic E-state index is 12.2. The first-order chi connectivity index (χ1) is 7.46. The standard InChI is InChI=1S/C3HF8NO4S2.Li.H/c4-1(5,6)2(7,8)17(13,14)12-18(15,16)3(9,10)11;;/h12H;;/q;+1;-1. The molecule has 0 aliphatic carbocycles. The minimum Gasteiger partial charge on any atom is -1.00 e. The van der Waals surface area contributed by atoms with Gasteiger partial charge in [-0.3, -0.25) is 0 Å². The molecule has 19 heavy (non-hydrogen) atoms. The summed E-state index contributed by atoms with van der Waals surface area (Å²) in [7, 11) is -14.1. The van der Waals surface area contributed by atoms with Crippen molar-refractivity contribution in [1.29, 1.82) is 0 Å². The Morgan fingerprint density at radius 1 is 0.737 bits per heavy atom. The number of nitrogens with one attached hydrogen (secondary N) is 1. The SMILES string of the molecule is O=S(=O)(NS(=O)(=O)C(F)(F)C(F)(F)F)C(F)(F)F.[H-].[Li+]. The minimum atomic E-state index is -7.17. The van der Waals surface area contributed by atoms with E-state index in [1.54, 1.807) is 0 Å². The van der Waals surface area contributed by atoms with Gasteiger partial charge in [-0.1, -0.05) is 4.13 Å². The Labute approximate surface area is 114 Å². The molecule has 5 nitrogen and oxygen atoms in total. The van der Waals surface area contributed by atoms with Crippen LogP contribution in [-0.4, -0.2) is 33.8 Å². The Hall–Kier alpha value is -0.103. The zero-order valence-electron chi connectivity index (χ0n) is 9.47. The summed E-state index contributed by atoms with van der Waals surface area (Å²) in [6.45, 7) is 0. The van der Waals surface area contributed by atoms with Gasteiger partial charge >= 0.3 is 55.8 Å². The van der Waals surface area contributed by atoms with E-state index >= 15 is 0 Å². The second-order valence-electron chi connectivity index (χ2n) is 2.55. The summed E-state index contributed by atoms with van der Waals surface area (Å²) in [6, 6.07) is 0. The van der Waals surface area contributed by atoms with Crippen molar-refractivity contribution in [2.45, 2.75) is 16.9 Å². The van der Waals surface area contributed by atoms with Gasteiger partial charge in [-0.15, -0.1) is 0 Å². The molecule has 0 aromatic rings. The molecule has 0 unspecified atom stereocenters. The monoisotopic (exact) mass is 339 g/mol. The zero-order valence-corrected chi connectivity index (χ0v) is 10.1. The molecule has 0 aliphatic heterocycles. The maximum atomic E-state index is 12.2. The molecule has 112 valence electrons. The van der Waals surface area contributed by atoms with Crippen LogP contribution in [0.4, 0.5) is 35.1 Å². The molecule has 0 fully saturated rings. The largest absolute Gasteiger partial charge is 1.00 e. The molecule has 0 rings (SSSR count). The Kier molecular flexibility index (Phi) is 5.97. The van der Waals surface area contributed by atoms with Crippen LogP contribution in [-0.2, 0) is 20.0 Å². The third kappa shape index (κ3) is 4.18. The van der Waals surface area contributed by atoms with E-state index in [2.05, 4.69) is 0 Å². The van der Waals surface area contributed by atoms with Crippen molar-refractivity contribution >= 4 is 20.0 Å². The van der Waals surface area contributed by atoms with Crippen LogP contribution in [0.2, 0.25) is 0 Å². The van der Waals surface area contributed by atoms with E-state index in [9.17, 15) is 52.0 Å². The first-order valence-corrected chi connectivity index (χ1v) is 6.21. The van der Waals surface area contributed by atoms with Crippen LogP contribution in [0, 0.1) is 0 Å². The predicted octanol–water partition coefficient (Wildman–Crippen LogP) is -1.97. The van der Waals surface area contributed by atoms with Crippen molar-refractivity contribution in [2.24, 2.45) is 0 Å². The van der Waals surface area contributed by atoms with Gasteiger partial charge in [0.05, 0.1) is 0 Å². The van der Waals surface area contributed by atoms with E-state index in [4.69, 9.17) is 0 Å². The quantitative estimate of drug-likeness (QED) is 0.478. The number of alkyl halides is 8. The topological polar surface area (TPSA) is 80.3 Å². The summed E-state index contributed by atoms with van der Waals surface area (Å²) < 4.78 is 134. The molecule has 1 N–H and O–H groups in total. The summed E-state index contributed by atoms with van der Waals surface area (Å²) in [5, 5.41) is -6.71. The van der Waals surface area contributed by atoms with Crippen LogP contribution in [0.25, 0.3) is 0 Å². The second kappa shape index (κ2) is 5.35. The molecule has 0 atom stereocenters. The fraction of sp³-hybridized carbons (Fsp3) is 1.00. The van der Waals surface area contributed by atoms with Gasteiger partial charge in [-0.2, -0.15) is 35.1 Å². The number of sulfonamides is 2. The Balaban J connectivity index is -0.00000144. The van der Waals surface area contributed by atoms with E-state index in [0.29, 0.717) is 0 Å². The molecule has 0 spiro atoms. The van der Waals surface area contributed by atoms with Crippen LogP contribution in [0.1, 0.15) is 1.43 Å². The van der Waals surface area contributed by atoms with Crippen molar-refractivity contribution in [2.75, 3.05) is 0 Å². The van der Waals surface area contributed by atoms with Gasteiger partial charge in [0.1, 0.15) is 0 Å². The number of hydrogen-bond acceptors (Lipinski definition) is 4. The van der Waals surface area contributed by atoms with Crippen LogP contribution >= 0.6 is 0 Å². The molecular formula is C3H2F8LiNO4S2.